The molecule has 2 spiro atoms. The van der Waals surface area contributed by atoms with Crippen molar-refractivity contribution in [3.05, 3.63) is 65.5 Å². The molecule has 8 rings (SSSR count). The summed E-state index contributed by atoms with van der Waals surface area (Å²) in [7, 11) is 0. The Morgan fingerprint density at radius 2 is 2.00 bits per heavy atom. The summed E-state index contributed by atoms with van der Waals surface area (Å²) in [4.78, 5) is 4.31. The van der Waals surface area contributed by atoms with Crippen LogP contribution in [-0.2, 0) is 9.47 Å². The number of aliphatic hydroxyl groups excluding tert-OH is 2. The van der Waals surface area contributed by atoms with Crippen LogP contribution in [0.4, 0.5) is 0 Å². The number of hydrogen-bond acceptors (Lipinski definition) is 5. The van der Waals surface area contributed by atoms with E-state index in [2.05, 4.69) is 42.3 Å². The van der Waals surface area contributed by atoms with Gasteiger partial charge in [0, 0.05) is 36.0 Å². The molecule has 2 saturated carbocycles. The smallest absolute Gasteiger partial charge is 0.114 e. The van der Waals surface area contributed by atoms with Crippen molar-refractivity contribution >= 4 is 10.8 Å². The molecule has 1 aromatic carbocycles. The van der Waals surface area contributed by atoms with E-state index in [1.165, 1.54) is 22.1 Å². The van der Waals surface area contributed by atoms with Crippen molar-refractivity contribution in [1.82, 2.24) is 4.98 Å². The van der Waals surface area contributed by atoms with Crippen LogP contribution in [0.5, 0.6) is 0 Å². The zero-order valence-corrected chi connectivity index (χ0v) is 18.8. The van der Waals surface area contributed by atoms with E-state index in [4.69, 9.17) is 9.47 Å². The molecule has 2 bridgehead atoms. The van der Waals surface area contributed by atoms with Crippen LogP contribution in [0.15, 0.2) is 60.0 Å². The SMILES string of the molecule is C[C@]12CC=C3C=C4[C@H]5OC5[C@@H](O)C[C@]45CCC3(O5)[C@@H]1C[C@@H](O)[C@@H]2c1ccc2ccncc2c1. The summed E-state index contributed by atoms with van der Waals surface area (Å²) < 4.78 is 13.0. The third-order valence-corrected chi connectivity index (χ3v) is 10.1. The average Bonchev–Trinajstić information content (AvgIpc) is 3.49. The number of fused-ring (bicyclic) bond motifs is 4. The summed E-state index contributed by atoms with van der Waals surface area (Å²) in [6, 6.07) is 8.61. The maximum Gasteiger partial charge on any atom is 0.114 e. The van der Waals surface area contributed by atoms with E-state index in [9.17, 15) is 10.2 Å². The van der Waals surface area contributed by atoms with Crippen molar-refractivity contribution in [3.8, 4) is 0 Å². The fourth-order valence-corrected chi connectivity index (χ4v) is 8.59. The highest BCUT2D eigenvalue weighted by atomic mass is 16.6. The van der Waals surface area contributed by atoms with Crippen LogP contribution in [0.2, 0.25) is 0 Å². The third kappa shape index (κ3) is 2.25. The fraction of sp³-hybridized carbons (Fsp3) is 0.536. The van der Waals surface area contributed by atoms with Gasteiger partial charge in [-0.05, 0) is 65.3 Å². The average molecular weight is 444 g/mol. The number of allylic oxidation sites excluding steroid dienone is 1. The van der Waals surface area contributed by atoms with Crippen molar-refractivity contribution in [1.29, 1.82) is 0 Å². The molecule has 3 aliphatic heterocycles. The fourth-order valence-electron chi connectivity index (χ4n) is 8.59. The molecule has 5 heteroatoms. The molecule has 0 radical (unpaired) electrons. The lowest BCUT2D eigenvalue weighted by Gasteiger charge is -2.53. The van der Waals surface area contributed by atoms with Gasteiger partial charge < -0.3 is 19.7 Å². The Morgan fingerprint density at radius 3 is 2.91 bits per heavy atom. The number of ether oxygens (including phenoxy) is 2. The maximum absolute atomic E-state index is 11.5. The predicted molar refractivity (Wildman–Crippen MR) is 123 cm³/mol. The first-order valence-corrected chi connectivity index (χ1v) is 12.4. The first-order valence-electron chi connectivity index (χ1n) is 12.4. The second kappa shape index (κ2) is 5.95. The van der Waals surface area contributed by atoms with Crippen molar-refractivity contribution in [2.75, 3.05) is 0 Å². The van der Waals surface area contributed by atoms with Crippen LogP contribution >= 0.6 is 0 Å². The van der Waals surface area contributed by atoms with Gasteiger partial charge in [0.1, 0.15) is 12.2 Å². The predicted octanol–water partition coefficient (Wildman–Crippen LogP) is 3.80. The summed E-state index contributed by atoms with van der Waals surface area (Å²) in [5.41, 5.74) is 2.87. The van der Waals surface area contributed by atoms with Gasteiger partial charge in [-0.25, -0.2) is 0 Å². The van der Waals surface area contributed by atoms with Gasteiger partial charge in [0.2, 0.25) is 0 Å². The zero-order chi connectivity index (χ0) is 22.2. The molecule has 4 heterocycles. The highest BCUT2D eigenvalue weighted by molar-refractivity contribution is 5.82. The van der Waals surface area contributed by atoms with E-state index >= 15 is 0 Å². The van der Waals surface area contributed by atoms with Gasteiger partial charge in [-0.15, -0.1) is 0 Å². The lowest BCUT2D eigenvalue weighted by atomic mass is 9.58. The number of rotatable bonds is 1. The van der Waals surface area contributed by atoms with Gasteiger partial charge in [-0.3, -0.25) is 4.98 Å². The van der Waals surface area contributed by atoms with E-state index in [0.717, 1.165) is 31.1 Å². The minimum Gasteiger partial charge on any atom is -0.392 e. The number of pyridine rings is 1. The molecule has 9 atom stereocenters. The molecule has 0 amide bonds. The monoisotopic (exact) mass is 443 g/mol. The minimum atomic E-state index is -0.448. The van der Waals surface area contributed by atoms with Crippen LogP contribution in [0.3, 0.4) is 0 Å². The first-order chi connectivity index (χ1) is 15.9. The lowest BCUT2D eigenvalue weighted by Crippen LogP contribution is -2.55. The molecule has 33 heavy (non-hydrogen) atoms. The molecule has 6 aliphatic rings. The van der Waals surface area contributed by atoms with E-state index in [1.807, 2.05) is 18.5 Å². The van der Waals surface area contributed by atoms with Gasteiger partial charge in [0.25, 0.3) is 0 Å². The van der Waals surface area contributed by atoms with Gasteiger partial charge in [0.15, 0.2) is 0 Å². The summed E-state index contributed by atoms with van der Waals surface area (Å²) in [6.45, 7) is 2.36. The Labute approximate surface area is 193 Å². The van der Waals surface area contributed by atoms with E-state index in [1.54, 1.807) is 0 Å². The standard InChI is InChI=1S/C28H29NO4/c1-26-6-4-18-11-19-24-25(32-24)21(31)13-27(19)7-8-28(18,33-27)22(26)12-20(30)23(26)16-3-2-15-5-9-29-14-17(15)10-16/h2-5,9-11,14,20-25,30-31H,6-8,12-13H2,1H3/t20-,21+,22-,23+,24-,25?,26+,27-,28?/m1/s1. The minimum absolute atomic E-state index is 0.0205. The van der Waals surface area contributed by atoms with E-state index < -0.39 is 17.8 Å². The third-order valence-electron chi connectivity index (χ3n) is 10.1. The number of epoxide rings is 1. The van der Waals surface area contributed by atoms with Crippen molar-refractivity contribution in [3.63, 3.8) is 0 Å². The number of aromatic nitrogens is 1. The second-order valence-electron chi connectivity index (χ2n) is 11.6. The highest BCUT2D eigenvalue weighted by Crippen LogP contribution is 2.70. The summed E-state index contributed by atoms with van der Waals surface area (Å²) in [5.74, 6) is 0.291. The van der Waals surface area contributed by atoms with Crippen LogP contribution in [0.25, 0.3) is 10.8 Å². The molecular weight excluding hydrogens is 414 g/mol. The number of benzene rings is 1. The summed E-state index contributed by atoms with van der Waals surface area (Å²) in [6.07, 6.45) is 11.8. The Morgan fingerprint density at radius 1 is 1.09 bits per heavy atom. The number of nitrogens with zero attached hydrogens (tertiary/aromatic N) is 1. The molecule has 5 nitrogen and oxygen atoms in total. The van der Waals surface area contributed by atoms with Gasteiger partial charge in [-0.1, -0.05) is 31.2 Å². The van der Waals surface area contributed by atoms with Crippen LogP contribution in [0.1, 0.15) is 50.5 Å². The second-order valence-corrected chi connectivity index (χ2v) is 11.6. The Hall–Kier alpha value is -2.05. The van der Waals surface area contributed by atoms with Gasteiger partial charge in [0.05, 0.1) is 23.4 Å². The molecule has 2 unspecified atom stereocenters. The van der Waals surface area contributed by atoms with Crippen LogP contribution < -0.4 is 0 Å². The maximum atomic E-state index is 11.5. The molecule has 3 aliphatic carbocycles. The number of aliphatic hydroxyl groups is 2. The zero-order valence-electron chi connectivity index (χ0n) is 18.8. The summed E-state index contributed by atoms with van der Waals surface area (Å²) in [5, 5.41) is 24.4. The Kier molecular flexibility index (Phi) is 3.48. The molecule has 2 aromatic rings. The van der Waals surface area contributed by atoms with Gasteiger partial charge >= 0.3 is 0 Å². The Bertz CT molecular complexity index is 1270. The van der Waals surface area contributed by atoms with Gasteiger partial charge in [-0.2, -0.15) is 0 Å². The molecule has 2 saturated heterocycles. The van der Waals surface area contributed by atoms with Crippen molar-refractivity contribution < 1.29 is 19.7 Å². The van der Waals surface area contributed by atoms with Crippen molar-refractivity contribution in [2.24, 2.45) is 11.3 Å². The molecular formula is C28H29NO4. The number of hydrogen-bond donors (Lipinski definition) is 2. The highest BCUT2D eigenvalue weighted by Gasteiger charge is 2.71. The topological polar surface area (TPSA) is 75.1 Å². The van der Waals surface area contributed by atoms with Crippen LogP contribution in [0, 0.1) is 11.3 Å². The lowest BCUT2D eigenvalue weighted by molar-refractivity contribution is -0.141. The molecule has 170 valence electrons. The van der Waals surface area contributed by atoms with E-state index in [0.29, 0.717) is 6.42 Å². The van der Waals surface area contributed by atoms with E-state index in [-0.39, 0.29) is 35.1 Å². The molecule has 1 aromatic heterocycles. The molecule has 4 fully saturated rings. The normalized spacial score (nSPS) is 48.9. The quantitative estimate of drug-likeness (QED) is 0.656. The Balaban J connectivity index is 1.24. The largest absolute Gasteiger partial charge is 0.392 e. The first kappa shape index (κ1) is 19.3. The van der Waals surface area contributed by atoms with Crippen LogP contribution in [-0.4, -0.2) is 50.8 Å². The van der Waals surface area contributed by atoms with Crippen molar-refractivity contribution in [2.45, 2.75) is 80.6 Å². The summed E-state index contributed by atoms with van der Waals surface area (Å²) >= 11 is 0. The molecule has 2 N–H and O–H groups in total.